The smallest absolute Gasteiger partial charge is 0.252 e. The van der Waals surface area contributed by atoms with E-state index >= 15 is 0 Å². The molecule has 0 spiro atoms. The standard InChI is InChI=1S/C18H19BrIN5/c1-12-7-17(25-18(23-12)21-11-22-25)14-3-2-6-24(10-14)9-13-4-5-15(19)16(20)8-13/h4-5,7-8,11,14H,2-3,6,9-10H2,1H3. The summed E-state index contributed by atoms with van der Waals surface area (Å²) >= 11 is 5.96. The molecule has 1 aromatic carbocycles. The highest BCUT2D eigenvalue weighted by molar-refractivity contribution is 14.1. The molecule has 2 aromatic heterocycles. The lowest BCUT2D eigenvalue weighted by Gasteiger charge is -2.33. The molecule has 130 valence electrons. The van der Waals surface area contributed by atoms with Crippen LogP contribution in [0.1, 0.15) is 35.7 Å². The average Bonchev–Trinajstić information content (AvgIpc) is 3.06. The van der Waals surface area contributed by atoms with Gasteiger partial charge in [-0.15, -0.1) is 0 Å². The summed E-state index contributed by atoms with van der Waals surface area (Å²) < 4.78 is 4.33. The fourth-order valence-electron chi connectivity index (χ4n) is 3.59. The quantitative estimate of drug-likeness (QED) is 0.495. The second-order valence-corrected chi connectivity index (χ2v) is 8.63. The van der Waals surface area contributed by atoms with E-state index in [9.17, 15) is 0 Å². The van der Waals surface area contributed by atoms with Gasteiger partial charge in [-0.1, -0.05) is 6.07 Å². The summed E-state index contributed by atoms with van der Waals surface area (Å²) in [6.45, 7) is 5.21. The van der Waals surface area contributed by atoms with Crippen molar-refractivity contribution >= 4 is 44.3 Å². The number of likely N-dealkylation sites (tertiary alicyclic amines) is 1. The van der Waals surface area contributed by atoms with Gasteiger partial charge in [-0.3, -0.25) is 4.90 Å². The van der Waals surface area contributed by atoms with Crippen molar-refractivity contribution in [2.24, 2.45) is 0 Å². The van der Waals surface area contributed by atoms with E-state index in [2.05, 4.69) is 82.8 Å². The van der Waals surface area contributed by atoms with Crippen LogP contribution >= 0.6 is 38.5 Å². The van der Waals surface area contributed by atoms with Crippen molar-refractivity contribution in [3.63, 3.8) is 0 Å². The number of hydrogen-bond donors (Lipinski definition) is 0. The van der Waals surface area contributed by atoms with Crippen LogP contribution in [0.5, 0.6) is 0 Å². The van der Waals surface area contributed by atoms with E-state index in [0.29, 0.717) is 11.7 Å². The average molecular weight is 512 g/mol. The van der Waals surface area contributed by atoms with E-state index in [1.165, 1.54) is 27.7 Å². The minimum absolute atomic E-state index is 0.467. The largest absolute Gasteiger partial charge is 0.298 e. The first kappa shape index (κ1) is 17.4. The second kappa shape index (κ2) is 7.28. The van der Waals surface area contributed by atoms with Crippen molar-refractivity contribution in [1.82, 2.24) is 24.5 Å². The van der Waals surface area contributed by atoms with Gasteiger partial charge in [0.25, 0.3) is 5.78 Å². The molecule has 5 nitrogen and oxygen atoms in total. The van der Waals surface area contributed by atoms with Crippen molar-refractivity contribution in [3.8, 4) is 0 Å². The number of benzene rings is 1. The molecule has 3 heterocycles. The van der Waals surface area contributed by atoms with Crippen LogP contribution in [0.2, 0.25) is 0 Å². The molecule has 1 atom stereocenters. The van der Waals surface area contributed by atoms with Crippen molar-refractivity contribution in [2.45, 2.75) is 32.2 Å². The van der Waals surface area contributed by atoms with Crippen LogP contribution < -0.4 is 0 Å². The van der Waals surface area contributed by atoms with Crippen LogP contribution in [-0.2, 0) is 6.54 Å². The Bertz CT molecular complexity index is 910. The Morgan fingerprint density at radius 2 is 2.20 bits per heavy atom. The van der Waals surface area contributed by atoms with E-state index in [1.807, 2.05) is 11.4 Å². The fraction of sp³-hybridized carbons (Fsp3) is 0.389. The predicted octanol–water partition coefficient (Wildman–Crippen LogP) is 4.18. The molecule has 0 N–H and O–H groups in total. The summed E-state index contributed by atoms with van der Waals surface area (Å²) in [5.41, 5.74) is 3.61. The van der Waals surface area contributed by atoms with Crippen LogP contribution in [0.4, 0.5) is 0 Å². The molecule has 0 aliphatic carbocycles. The molecule has 0 bridgehead atoms. The van der Waals surface area contributed by atoms with Gasteiger partial charge in [0.05, 0.1) is 5.69 Å². The molecule has 7 heteroatoms. The topological polar surface area (TPSA) is 46.3 Å². The van der Waals surface area contributed by atoms with Gasteiger partial charge in [-0.2, -0.15) is 10.1 Å². The van der Waals surface area contributed by atoms with E-state index < -0.39 is 0 Å². The molecule has 1 fully saturated rings. The molecule has 4 rings (SSSR count). The third kappa shape index (κ3) is 3.73. The molecule has 0 radical (unpaired) electrons. The fourth-order valence-corrected chi connectivity index (χ4v) is 4.41. The highest BCUT2D eigenvalue weighted by Crippen LogP contribution is 2.29. The van der Waals surface area contributed by atoms with Crippen LogP contribution in [0, 0.1) is 10.5 Å². The SMILES string of the molecule is Cc1cc(C2CCCN(Cc3ccc(Br)c(I)c3)C2)n2ncnc2n1. The van der Waals surface area contributed by atoms with Gasteiger partial charge in [0, 0.05) is 32.7 Å². The maximum absolute atomic E-state index is 4.47. The van der Waals surface area contributed by atoms with Crippen LogP contribution in [0.15, 0.2) is 35.1 Å². The number of nitrogens with zero attached hydrogens (tertiary/aromatic N) is 5. The normalized spacial score (nSPS) is 18.8. The Kier molecular flexibility index (Phi) is 5.06. The van der Waals surface area contributed by atoms with Crippen LogP contribution in [-0.4, -0.2) is 37.6 Å². The third-order valence-electron chi connectivity index (χ3n) is 4.72. The van der Waals surface area contributed by atoms with E-state index in [0.717, 1.165) is 29.8 Å². The minimum Gasteiger partial charge on any atom is -0.298 e. The number of piperidine rings is 1. The lowest BCUT2D eigenvalue weighted by Crippen LogP contribution is -2.34. The van der Waals surface area contributed by atoms with Crippen LogP contribution in [0.3, 0.4) is 0 Å². The van der Waals surface area contributed by atoms with E-state index in [4.69, 9.17) is 0 Å². The number of rotatable bonds is 3. The molecule has 1 aliphatic rings. The molecule has 25 heavy (non-hydrogen) atoms. The summed E-state index contributed by atoms with van der Waals surface area (Å²) in [7, 11) is 0. The summed E-state index contributed by atoms with van der Waals surface area (Å²) in [5, 5.41) is 4.38. The van der Waals surface area contributed by atoms with Crippen LogP contribution in [0.25, 0.3) is 5.78 Å². The minimum atomic E-state index is 0.467. The molecule has 1 saturated heterocycles. The summed E-state index contributed by atoms with van der Waals surface area (Å²) in [5.74, 6) is 1.17. The number of fused-ring (bicyclic) bond motifs is 1. The lowest BCUT2D eigenvalue weighted by molar-refractivity contribution is 0.197. The van der Waals surface area contributed by atoms with Crippen molar-refractivity contribution in [2.75, 3.05) is 13.1 Å². The molecule has 3 aromatic rings. The van der Waals surface area contributed by atoms with Crippen molar-refractivity contribution < 1.29 is 0 Å². The monoisotopic (exact) mass is 511 g/mol. The molecule has 1 aliphatic heterocycles. The highest BCUT2D eigenvalue weighted by atomic mass is 127. The Morgan fingerprint density at radius 3 is 3.04 bits per heavy atom. The van der Waals surface area contributed by atoms with Crippen molar-refractivity contribution in [3.05, 3.63) is 55.6 Å². The zero-order valence-corrected chi connectivity index (χ0v) is 17.7. The Morgan fingerprint density at radius 1 is 1.32 bits per heavy atom. The first-order chi connectivity index (χ1) is 12.1. The summed E-state index contributed by atoms with van der Waals surface area (Å²) in [6, 6.07) is 8.78. The lowest BCUT2D eigenvalue weighted by atomic mass is 9.93. The number of aromatic nitrogens is 4. The molecular weight excluding hydrogens is 493 g/mol. The Balaban J connectivity index is 1.56. The van der Waals surface area contributed by atoms with Gasteiger partial charge in [0.2, 0.25) is 0 Å². The molecule has 1 unspecified atom stereocenters. The van der Waals surface area contributed by atoms with Gasteiger partial charge in [0.1, 0.15) is 6.33 Å². The maximum atomic E-state index is 4.47. The highest BCUT2D eigenvalue weighted by Gasteiger charge is 2.24. The molecule has 0 amide bonds. The first-order valence-electron chi connectivity index (χ1n) is 8.44. The number of aryl methyl sites for hydroxylation is 1. The van der Waals surface area contributed by atoms with Gasteiger partial charge < -0.3 is 0 Å². The number of hydrogen-bond acceptors (Lipinski definition) is 4. The molecule has 0 saturated carbocycles. The maximum Gasteiger partial charge on any atom is 0.252 e. The van der Waals surface area contributed by atoms with Gasteiger partial charge in [-0.05, 0) is 88.6 Å². The Hall–Kier alpha value is -1.06. The Labute approximate surface area is 169 Å². The summed E-state index contributed by atoms with van der Waals surface area (Å²) in [6.07, 6.45) is 3.98. The van der Waals surface area contributed by atoms with Gasteiger partial charge >= 0.3 is 0 Å². The van der Waals surface area contributed by atoms with Gasteiger partial charge in [-0.25, -0.2) is 9.50 Å². The summed E-state index contributed by atoms with van der Waals surface area (Å²) in [4.78, 5) is 11.3. The predicted molar refractivity (Wildman–Crippen MR) is 110 cm³/mol. The zero-order valence-electron chi connectivity index (χ0n) is 14.0. The van der Waals surface area contributed by atoms with Crippen molar-refractivity contribution in [1.29, 1.82) is 0 Å². The third-order valence-corrected chi connectivity index (χ3v) is 7.05. The van der Waals surface area contributed by atoms with E-state index in [1.54, 1.807) is 6.33 Å². The second-order valence-electron chi connectivity index (χ2n) is 6.62. The van der Waals surface area contributed by atoms with Gasteiger partial charge in [0.15, 0.2) is 0 Å². The zero-order chi connectivity index (χ0) is 17.4. The number of halogens is 2. The molecular formula is C18H19BrIN5. The van der Waals surface area contributed by atoms with E-state index in [-0.39, 0.29) is 0 Å². The first-order valence-corrected chi connectivity index (χ1v) is 10.3.